The first-order valence-corrected chi connectivity index (χ1v) is 7.55. The van der Waals surface area contributed by atoms with Gasteiger partial charge in [-0.25, -0.2) is 0 Å². The number of aryl methyl sites for hydroxylation is 1. The number of carbonyl (C=O) groups excluding carboxylic acids is 2. The number of nitro benzene ring substituents is 1. The quantitative estimate of drug-likeness (QED) is 0.376. The summed E-state index contributed by atoms with van der Waals surface area (Å²) < 4.78 is 0. The van der Waals surface area contributed by atoms with Crippen LogP contribution in [0.2, 0.25) is 0 Å². The molecule has 1 unspecified atom stereocenters. The first kappa shape index (κ1) is 17.8. The van der Waals surface area contributed by atoms with Gasteiger partial charge in [-0.15, -0.1) is 0 Å². The van der Waals surface area contributed by atoms with Gasteiger partial charge in [0.1, 0.15) is 0 Å². The van der Waals surface area contributed by atoms with Gasteiger partial charge in [-0.05, 0) is 18.6 Å². The SMILES string of the molecule is CCc1ccc(C(=O)C(C#N)C(=O)Nc2ccccc2)cc1[N+](=O)[O-]. The van der Waals surface area contributed by atoms with E-state index in [-0.39, 0.29) is 11.3 Å². The zero-order chi connectivity index (χ0) is 18.4. The van der Waals surface area contributed by atoms with Crippen LogP contribution >= 0.6 is 0 Å². The first-order valence-electron chi connectivity index (χ1n) is 7.55. The maximum Gasteiger partial charge on any atom is 0.273 e. The predicted molar refractivity (Wildman–Crippen MR) is 91.0 cm³/mol. The van der Waals surface area contributed by atoms with Crippen LogP contribution in [0.3, 0.4) is 0 Å². The van der Waals surface area contributed by atoms with Gasteiger partial charge < -0.3 is 5.32 Å². The van der Waals surface area contributed by atoms with E-state index in [1.807, 2.05) is 0 Å². The van der Waals surface area contributed by atoms with Gasteiger partial charge in [0.25, 0.3) is 5.69 Å². The lowest BCUT2D eigenvalue weighted by atomic mass is 9.96. The van der Waals surface area contributed by atoms with Crippen molar-refractivity contribution in [2.45, 2.75) is 13.3 Å². The highest BCUT2D eigenvalue weighted by Gasteiger charge is 2.29. The van der Waals surface area contributed by atoms with Gasteiger partial charge in [0, 0.05) is 22.9 Å². The van der Waals surface area contributed by atoms with Crippen molar-refractivity contribution in [2.75, 3.05) is 5.32 Å². The second-order valence-corrected chi connectivity index (χ2v) is 5.24. The zero-order valence-corrected chi connectivity index (χ0v) is 13.4. The molecule has 25 heavy (non-hydrogen) atoms. The molecule has 2 aromatic carbocycles. The van der Waals surface area contributed by atoms with E-state index in [2.05, 4.69) is 5.32 Å². The minimum absolute atomic E-state index is 0.0429. The highest BCUT2D eigenvalue weighted by molar-refractivity contribution is 6.15. The van der Waals surface area contributed by atoms with E-state index >= 15 is 0 Å². The molecule has 7 nitrogen and oxygen atoms in total. The van der Waals surface area contributed by atoms with Gasteiger partial charge in [0.15, 0.2) is 11.7 Å². The number of para-hydroxylation sites is 1. The molecule has 7 heteroatoms. The normalized spacial score (nSPS) is 11.2. The molecule has 2 rings (SSSR count). The number of benzene rings is 2. The smallest absolute Gasteiger partial charge is 0.273 e. The van der Waals surface area contributed by atoms with Gasteiger partial charge in [0.2, 0.25) is 5.91 Å². The van der Waals surface area contributed by atoms with Crippen LogP contribution in [0, 0.1) is 27.4 Å². The molecular weight excluding hydrogens is 322 g/mol. The van der Waals surface area contributed by atoms with Crippen LogP contribution in [-0.4, -0.2) is 16.6 Å². The van der Waals surface area contributed by atoms with Crippen molar-refractivity contribution in [2.24, 2.45) is 5.92 Å². The number of hydrogen-bond donors (Lipinski definition) is 1. The molecule has 1 N–H and O–H groups in total. The van der Waals surface area contributed by atoms with Crippen LogP contribution in [0.4, 0.5) is 11.4 Å². The lowest BCUT2D eigenvalue weighted by Crippen LogP contribution is -2.28. The van der Waals surface area contributed by atoms with E-state index in [1.54, 1.807) is 43.3 Å². The Morgan fingerprint density at radius 1 is 1.24 bits per heavy atom. The average Bonchev–Trinajstić information content (AvgIpc) is 2.62. The fourth-order valence-electron chi connectivity index (χ4n) is 2.32. The lowest BCUT2D eigenvalue weighted by molar-refractivity contribution is -0.385. The Hall–Kier alpha value is -3.53. The Balaban J connectivity index is 2.28. The molecule has 0 heterocycles. The number of hydrogen-bond acceptors (Lipinski definition) is 5. The number of nitrogens with one attached hydrogen (secondary N) is 1. The highest BCUT2D eigenvalue weighted by atomic mass is 16.6. The number of nitriles is 1. The molecule has 0 fully saturated rings. The third kappa shape index (κ3) is 4.06. The number of nitrogens with zero attached hydrogens (tertiary/aromatic N) is 2. The van der Waals surface area contributed by atoms with E-state index < -0.39 is 22.5 Å². The van der Waals surface area contributed by atoms with Crippen molar-refractivity contribution in [3.8, 4) is 6.07 Å². The molecule has 1 atom stereocenters. The summed E-state index contributed by atoms with van der Waals surface area (Å²) in [5.41, 5.74) is 0.684. The third-order valence-electron chi connectivity index (χ3n) is 3.64. The Bertz CT molecular complexity index is 856. The summed E-state index contributed by atoms with van der Waals surface area (Å²) in [6, 6.07) is 14.0. The molecule has 0 spiro atoms. The number of anilines is 1. The summed E-state index contributed by atoms with van der Waals surface area (Å²) in [4.78, 5) is 35.2. The van der Waals surface area contributed by atoms with E-state index in [1.165, 1.54) is 12.1 Å². The molecule has 0 radical (unpaired) electrons. The van der Waals surface area contributed by atoms with Crippen molar-refractivity contribution < 1.29 is 14.5 Å². The minimum Gasteiger partial charge on any atom is -0.325 e. The van der Waals surface area contributed by atoms with Gasteiger partial charge >= 0.3 is 0 Å². The monoisotopic (exact) mass is 337 g/mol. The van der Waals surface area contributed by atoms with E-state index in [4.69, 9.17) is 0 Å². The van der Waals surface area contributed by atoms with Crippen molar-refractivity contribution in [1.29, 1.82) is 5.26 Å². The van der Waals surface area contributed by atoms with Gasteiger partial charge in [0.05, 0.1) is 11.0 Å². The summed E-state index contributed by atoms with van der Waals surface area (Å²) in [5.74, 6) is -3.14. The van der Waals surface area contributed by atoms with Crippen LogP contribution in [0.15, 0.2) is 48.5 Å². The van der Waals surface area contributed by atoms with Crippen LogP contribution in [0.5, 0.6) is 0 Å². The summed E-state index contributed by atoms with van der Waals surface area (Å²) in [6.45, 7) is 1.76. The molecule has 126 valence electrons. The fraction of sp³-hybridized carbons (Fsp3) is 0.167. The second kappa shape index (κ2) is 7.84. The van der Waals surface area contributed by atoms with E-state index in [0.717, 1.165) is 6.07 Å². The van der Waals surface area contributed by atoms with Crippen molar-refractivity contribution in [1.82, 2.24) is 0 Å². The van der Waals surface area contributed by atoms with E-state index in [0.29, 0.717) is 17.7 Å². The number of Topliss-reactive ketones (excluding diaryl/α,β-unsaturated/α-hetero) is 1. The van der Waals surface area contributed by atoms with Crippen molar-refractivity contribution in [3.63, 3.8) is 0 Å². The predicted octanol–water partition coefficient (Wildman–Crippen LogP) is 3.12. The maximum atomic E-state index is 12.5. The van der Waals surface area contributed by atoms with E-state index in [9.17, 15) is 25.0 Å². The Morgan fingerprint density at radius 2 is 1.92 bits per heavy atom. The molecular formula is C18H15N3O4. The standard InChI is InChI=1S/C18H15N3O4/c1-2-12-8-9-13(10-16(12)21(24)25)17(22)15(11-19)18(23)20-14-6-4-3-5-7-14/h3-10,15H,2H2,1H3,(H,20,23). The highest BCUT2D eigenvalue weighted by Crippen LogP contribution is 2.23. The molecule has 1 amide bonds. The van der Waals surface area contributed by atoms with Crippen molar-refractivity contribution >= 4 is 23.1 Å². The Labute approximate surface area is 144 Å². The minimum atomic E-state index is -1.59. The number of carbonyl (C=O) groups is 2. The summed E-state index contributed by atoms with van der Waals surface area (Å²) in [5, 5.41) is 22.8. The fourth-order valence-corrected chi connectivity index (χ4v) is 2.32. The maximum absolute atomic E-state index is 12.5. The number of ketones is 1. The number of rotatable bonds is 6. The molecule has 0 bridgehead atoms. The summed E-state index contributed by atoms with van der Waals surface area (Å²) in [6.07, 6.45) is 0.432. The van der Waals surface area contributed by atoms with Crippen molar-refractivity contribution in [3.05, 3.63) is 69.8 Å². The molecule has 0 aromatic heterocycles. The topological polar surface area (TPSA) is 113 Å². The average molecular weight is 337 g/mol. The lowest BCUT2D eigenvalue weighted by Gasteiger charge is -2.10. The van der Waals surface area contributed by atoms with Crippen LogP contribution in [0.1, 0.15) is 22.8 Å². The summed E-state index contributed by atoms with van der Waals surface area (Å²) >= 11 is 0. The van der Waals surface area contributed by atoms with Crippen LogP contribution in [-0.2, 0) is 11.2 Å². The van der Waals surface area contributed by atoms with Crippen LogP contribution < -0.4 is 5.32 Å². The molecule has 0 saturated heterocycles. The summed E-state index contributed by atoms with van der Waals surface area (Å²) in [7, 11) is 0. The molecule has 0 aliphatic heterocycles. The molecule has 0 aliphatic rings. The third-order valence-corrected chi connectivity index (χ3v) is 3.64. The Morgan fingerprint density at radius 3 is 2.48 bits per heavy atom. The van der Waals surface area contributed by atoms with Gasteiger partial charge in [-0.3, -0.25) is 19.7 Å². The van der Waals surface area contributed by atoms with Crippen LogP contribution in [0.25, 0.3) is 0 Å². The van der Waals surface area contributed by atoms with Gasteiger partial charge in [-0.2, -0.15) is 5.26 Å². The first-order chi connectivity index (χ1) is 12.0. The zero-order valence-electron chi connectivity index (χ0n) is 13.4. The molecule has 2 aromatic rings. The number of nitro groups is 1. The molecule has 0 aliphatic carbocycles. The second-order valence-electron chi connectivity index (χ2n) is 5.24. The number of amides is 1. The van der Waals surface area contributed by atoms with Gasteiger partial charge in [-0.1, -0.05) is 37.3 Å². The molecule has 0 saturated carbocycles. The Kier molecular flexibility index (Phi) is 5.58. The largest absolute Gasteiger partial charge is 0.325 e.